The summed E-state index contributed by atoms with van der Waals surface area (Å²) in [7, 11) is 0. The van der Waals surface area contributed by atoms with Crippen LogP contribution in [0.1, 0.15) is 24.8 Å². The molecule has 0 aliphatic heterocycles. The van der Waals surface area contributed by atoms with Crippen LogP contribution in [0.15, 0.2) is 24.3 Å². The van der Waals surface area contributed by atoms with Crippen molar-refractivity contribution in [3.63, 3.8) is 0 Å². The monoisotopic (exact) mass is 524 g/mol. The maximum Gasteiger partial charge on any atom is 0.326 e. The van der Waals surface area contributed by atoms with Gasteiger partial charge < -0.3 is 48.5 Å². The predicted octanol–water partition coefficient (Wildman–Crippen LogP) is -3.97. The minimum Gasteiger partial charge on any atom is -0.508 e. The summed E-state index contributed by atoms with van der Waals surface area (Å²) in [5, 5.41) is 34.1. The van der Waals surface area contributed by atoms with Gasteiger partial charge in [-0.2, -0.15) is 0 Å². The van der Waals surface area contributed by atoms with Gasteiger partial charge in [0.05, 0.1) is 25.3 Å². The lowest BCUT2D eigenvalue weighted by Gasteiger charge is -2.24. The second-order valence-corrected chi connectivity index (χ2v) is 7.94. The molecule has 4 unspecified atom stereocenters. The van der Waals surface area contributed by atoms with Crippen molar-refractivity contribution < 1.29 is 48.9 Å². The normalized spacial score (nSPS) is 13.8. The van der Waals surface area contributed by atoms with Crippen molar-refractivity contribution in [2.75, 3.05) is 0 Å². The van der Waals surface area contributed by atoms with Gasteiger partial charge in [0, 0.05) is 6.42 Å². The first-order valence-corrected chi connectivity index (χ1v) is 10.6. The number of hydrogen-bond donors (Lipinski definition) is 9. The zero-order valence-electron chi connectivity index (χ0n) is 19.4. The van der Waals surface area contributed by atoms with Gasteiger partial charge in [0.1, 0.15) is 23.9 Å². The number of aliphatic carboxylic acids is 2. The number of benzene rings is 1. The molecule has 16 nitrogen and oxygen atoms in total. The van der Waals surface area contributed by atoms with Crippen LogP contribution in [0.5, 0.6) is 5.75 Å². The number of hydrogen-bond acceptors (Lipinski definition) is 9. The number of phenols is 1. The summed E-state index contributed by atoms with van der Waals surface area (Å²) in [6.07, 6.45) is -2.55. The van der Waals surface area contributed by atoms with Crippen LogP contribution in [0.3, 0.4) is 0 Å². The molecule has 0 aromatic heterocycles. The van der Waals surface area contributed by atoms with Crippen LogP contribution in [0.2, 0.25) is 0 Å². The highest BCUT2D eigenvalue weighted by molar-refractivity contribution is 5.97. The first-order valence-electron chi connectivity index (χ1n) is 10.6. The lowest BCUT2D eigenvalue weighted by atomic mass is 10.0. The SMILES string of the molecule is NC(=O)CC(N)C(=O)NC(Cc1ccc(O)cc1)C(=O)NC(CC(=O)O)C(=O)NC(CC(N)=O)C(=O)O. The Balaban J connectivity index is 3.16. The van der Waals surface area contributed by atoms with E-state index in [1.165, 1.54) is 24.3 Å². The van der Waals surface area contributed by atoms with E-state index >= 15 is 0 Å². The Labute approximate surface area is 209 Å². The largest absolute Gasteiger partial charge is 0.508 e. The van der Waals surface area contributed by atoms with E-state index in [1.807, 2.05) is 5.32 Å². The van der Waals surface area contributed by atoms with Crippen LogP contribution in [0.4, 0.5) is 0 Å². The molecule has 0 spiro atoms. The van der Waals surface area contributed by atoms with Crippen LogP contribution in [0.25, 0.3) is 0 Å². The van der Waals surface area contributed by atoms with E-state index in [4.69, 9.17) is 27.4 Å². The van der Waals surface area contributed by atoms with Gasteiger partial charge in [0.25, 0.3) is 0 Å². The molecule has 202 valence electrons. The van der Waals surface area contributed by atoms with Crippen molar-refractivity contribution >= 4 is 41.5 Å². The zero-order chi connectivity index (χ0) is 28.3. The molecule has 12 N–H and O–H groups in total. The number of nitrogens with one attached hydrogen (secondary N) is 3. The molecular weight excluding hydrogens is 496 g/mol. The molecule has 0 heterocycles. The van der Waals surface area contributed by atoms with Crippen LogP contribution >= 0.6 is 0 Å². The van der Waals surface area contributed by atoms with Gasteiger partial charge in [-0.3, -0.25) is 28.8 Å². The quantitative estimate of drug-likeness (QED) is 0.107. The van der Waals surface area contributed by atoms with Crippen molar-refractivity contribution in [3.8, 4) is 5.75 Å². The standard InChI is InChI=1S/C21H28N6O10/c22-11(6-15(23)29)18(33)25-12(5-9-1-3-10(28)4-2-9)19(34)26-13(8-17(31)32)20(35)27-14(21(36)37)7-16(24)30/h1-4,11-14,28H,5-8,22H2,(H2,23,29)(H2,24,30)(H,25,33)(H,26,34)(H,27,35)(H,31,32)(H,36,37). The van der Waals surface area contributed by atoms with E-state index in [-0.39, 0.29) is 12.2 Å². The predicted molar refractivity (Wildman–Crippen MR) is 123 cm³/mol. The Morgan fingerprint density at radius 1 is 0.703 bits per heavy atom. The Hall–Kier alpha value is -4.73. The van der Waals surface area contributed by atoms with E-state index < -0.39 is 84.9 Å². The van der Waals surface area contributed by atoms with Gasteiger partial charge >= 0.3 is 11.9 Å². The average Bonchev–Trinajstić information content (AvgIpc) is 2.77. The zero-order valence-corrected chi connectivity index (χ0v) is 19.4. The van der Waals surface area contributed by atoms with E-state index in [9.17, 15) is 38.7 Å². The van der Waals surface area contributed by atoms with Gasteiger partial charge in [-0.25, -0.2) is 4.79 Å². The van der Waals surface area contributed by atoms with Crippen molar-refractivity contribution in [1.82, 2.24) is 16.0 Å². The minimum atomic E-state index is -1.82. The van der Waals surface area contributed by atoms with E-state index in [0.717, 1.165) is 0 Å². The molecule has 1 rings (SSSR count). The molecule has 4 atom stereocenters. The maximum absolute atomic E-state index is 13.0. The molecule has 1 aromatic rings. The third-order valence-corrected chi connectivity index (χ3v) is 4.80. The third kappa shape index (κ3) is 11.0. The fourth-order valence-corrected chi connectivity index (χ4v) is 2.99. The molecule has 0 aliphatic rings. The Kier molecular flexibility index (Phi) is 11.4. The smallest absolute Gasteiger partial charge is 0.326 e. The molecule has 0 saturated carbocycles. The summed E-state index contributed by atoms with van der Waals surface area (Å²) in [6.45, 7) is 0. The number of carboxylic acids is 2. The van der Waals surface area contributed by atoms with Crippen LogP contribution in [0, 0.1) is 0 Å². The number of carboxylic acid groups (broad SMARTS) is 2. The molecule has 0 fully saturated rings. The maximum atomic E-state index is 13.0. The van der Waals surface area contributed by atoms with Gasteiger partial charge in [0.2, 0.25) is 29.5 Å². The summed E-state index contributed by atoms with van der Waals surface area (Å²) in [4.78, 5) is 82.7. The van der Waals surface area contributed by atoms with Crippen LogP contribution in [-0.4, -0.2) is 81.0 Å². The molecule has 1 aromatic carbocycles. The molecule has 0 radical (unpaired) electrons. The summed E-state index contributed by atoms with van der Waals surface area (Å²) in [5.41, 5.74) is 16.0. The highest BCUT2D eigenvalue weighted by Crippen LogP contribution is 2.12. The minimum absolute atomic E-state index is 0.0839. The van der Waals surface area contributed by atoms with Crippen LogP contribution < -0.4 is 33.2 Å². The Morgan fingerprint density at radius 2 is 1.19 bits per heavy atom. The van der Waals surface area contributed by atoms with E-state index in [0.29, 0.717) is 5.56 Å². The first kappa shape index (κ1) is 30.3. The number of aromatic hydroxyl groups is 1. The number of amides is 5. The topological polar surface area (TPSA) is 294 Å². The lowest BCUT2D eigenvalue weighted by Crippen LogP contribution is -2.58. The average molecular weight is 524 g/mol. The molecule has 5 amide bonds. The summed E-state index contributed by atoms with van der Waals surface area (Å²) in [6, 6.07) is -1.04. The highest BCUT2D eigenvalue weighted by atomic mass is 16.4. The Bertz CT molecular complexity index is 1040. The molecule has 16 heteroatoms. The van der Waals surface area contributed by atoms with Crippen molar-refractivity contribution in [2.45, 2.75) is 49.9 Å². The molecule has 0 bridgehead atoms. The van der Waals surface area contributed by atoms with Gasteiger partial charge in [-0.15, -0.1) is 0 Å². The summed E-state index contributed by atoms with van der Waals surface area (Å²) < 4.78 is 0. The van der Waals surface area contributed by atoms with Gasteiger partial charge in [-0.1, -0.05) is 12.1 Å². The van der Waals surface area contributed by atoms with Crippen LogP contribution in [-0.2, 0) is 40.0 Å². The number of phenolic OH excluding ortho intramolecular Hbond substituents is 1. The number of nitrogens with two attached hydrogens (primary N) is 3. The second-order valence-electron chi connectivity index (χ2n) is 7.94. The third-order valence-electron chi connectivity index (χ3n) is 4.80. The van der Waals surface area contributed by atoms with Crippen molar-refractivity contribution in [3.05, 3.63) is 29.8 Å². The number of carbonyl (C=O) groups excluding carboxylic acids is 5. The van der Waals surface area contributed by atoms with E-state index in [2.05, 4.69) is 10.6 Å². The second kappa shape index (κ2) is 14.0. The van der Waals surface area contributed by atoms with Crippen molar-refractivity contribution in [2.24, 2.45) is 17.2 Å². The fraction of sp³-hybridized carbons (Fsp3) is 0.381. The summed E-state index contributed by atoms with van der Waals surface area (Å²) in [5.74, 6) is -8.46. The summed E-state index contributed by atoms with van der Waals surface area (Å²) >= 11 is 0. The Morgan fingerprint density at radius 3 is 1.68 bits per heavy atom. The van der Waals surface area contributed by atoms with Crippen molar-refractivity contribution in [1.29, 1.82) is 0 Å². The molecule has 0 aliphatic carbocycles. The first-order chi connectivity index (χ1) is 17.2. The molecule has 0 saturated heterocycles. The number of carbonyl (C=O) groups is 7. The van der Waals surface area contributed by atoms with Gasteiger partial charge in [-0.05, 0) is 17.7 Å². The number of rotatable bonds is 15. The molecule has 37 heavy (non-hydrogen) atoms. The van der Waals surface area contributed by atoms with Gasteiger partial charge in [0.15, 0.2) is 0 Å². The molecular formula is C21H28N6O10. The highest BCUT2D eigenvalue weighted by Gasteiger charge is 2.32. The fourth-order valence-electron chi connectivity index (χ4n) is 2.99. The van der Waals surface area contributed by atoms with E-state index in [1.54, 1.807) is 0 Å². The number of primary amides is 2. The lowest BCUT2D eigenvalue weighted by molar-refractivity contribution is -0.144.